The summed E-state index contributed by atoms with van der Waals surface area (Å²) in [5, 5.41) is 3.21. The predicted octanol–water partition coefficient (Wildman–Crippen LogP) is 0.458. The Morgan fingerprint density at radius 3 is 2.71 bits per heavy atom. The first-order valence-corrected chi connectivity index (χ1v) is 10.2. The summed E-state index contributed by atoms with van der Waals surface area (Å²) in [4.78, 5) is 20.9. The number of pyridine rings is 1. The van der Waals surface area contributed by atoms with Crippen LogP contribution in [0.15, 0.2) is 18.3 Å². The molecule has 2 aliphatic heterocycles. The first-order chi connectivity index (χ1) is 11.5. The van der Waals surface area contributed by atoms with Crippen LogP contribution in [0, 0.1) is 0 Å². The lowest BCUT2D eigenvalue weighted by Crippen LogP contribution is -2.48. The molecule has 3 rings (SSSR count). The van der Waals surface area contributed by atoms with E-state index in [0.29, 0.717) is 25.2 Å². The minimum absolute atomic E-state index is 0.0616. The molecule has 2 aliphatic rings. The van der Waals surface area contributed by atoms with Crippen LogP contribution in [0.4, 0.5) is 5.69 Å². The van der Waals surface area contributed by atoms with Gasteiger partial charge in [-0.05, 0) is 25.1 Å². The topological polar surface area (TPSA) is 82.6 Å². The van der Waals surface area contributed by atoms with Crippen molar-refractivity contribution in [2.24, 2.45) is 0 Å². The van der Waals surface area contributed by atoms with Crippen molar-refractivity contribution in [1.82, 2.24) is 14.8 Å². The van der Waals surface area contributed by atoms with Gasteiger partial charge < -0.3 is 15.1 Å². The summed E-state index contributed by atoms with van der Waals surface area (Å²) in [5.74, 6) is 0.314. The SMILES string of the molecule is CCN1CCN(C(=O)c2cc(NC3CCS(=O)(=O)C3)ccn2)CC1. The van der Waals surface area contributed by atoms with Crippen LogP contribution in [-0.4, -0.2) is 79.4 Å². The van der Waals surface area contributed by atoms with E-state index in [4.69, 9.17) is 0 Å². The quantitative estimate of drug-likeness (QED) is 0.848. The molecule has 0 radical (unpaired) electrons. The molecule has 1 aromatic heterocycles. The molecule has 1 aromatic rings. The zero-order valence-electron chi connectivity index (χ0n) is 13.9. The fourth-order valence-corrected chi connectivity index (χ4v) is 4.88. The lowest BCUT2D eigenvalue weighted by molar-refractivity contribution is 0.0637. The van der Waals surface area contributed by atoms with Gasteiger partial charge >= 0.3 is 0 Å². The van der Waals surface area contributed by atoms with Gasteiger partial charge in [0.1, 0.15) is 5.69 Å². The van der Waals surface area contributed by atoms with Crippen LogP contribution < -0.4 is 5.32 Å². The second kappa shape index (κ2) is 7.06. The molecule has 1 unspecified atom stereocenters. The molecule has 2 fully saturated rings. The number of carbonyl (C=O) groups excluding carboxylic acids is 1. The van der Waals surface area contributed by atoms with Crippen molar-refractivity contribution in [2.75, 3.05) is 49.5 Å². The zero-order valence-corrected chi connectivity index (χ0v) is 14.8. The molecule has 0 aromatic carbocycles. The number of rotatable bonds is 4. The Balaban J connectivity index is 1.64. The first kappa shape index (κ1) is 17.2. The van der Waals surface area contributed by atoms with Crippen molar-refractivity contribution >= 4 is 21.4 Å². The Bertz CT molecular complexity index is 699. The molecule has 2 saturated heterocycles. The van der Waals surface area contributed by atoms with E-state index in [0.717, 1.165) is 25.3 Å². The molecular weight excluding hydrogens is 328 g/mol. The maximum Gasteiger partial charge on any atom is 0.272 e. The number of hydrogen-bond acceptors (Lipinski definition) is 6. The highest BCUT2D eigenvalue weighted by Gasteiger charge is 2.28. The average molecular weight is 352 g/mol. The minimum atomic E-state index is -2.92. The van der Waals surface area contributed by atoms with E-state index in [9.17, 15) is 13.2 Å². The molecule has 1 amide bonds. The number of nitrogens with one attached hydrogen (secondary N) is 1. The third-order valence-electron chi connectivity index (χ3n) is 4.69. The van der Waals surface area contributed by atoms with Crippen molar-refractivity contribution in [2.45, 2.75) is 19.4 Å². The third kappa shape index (κ3) is 4.05. The molecule has 24 heavy (non-hydrogen) atoms. The van der Waals surface area contributed by atoms with Gasteiger partial charge in [-0.1, -0.05) is 6.92 Å². The van der Waals surface area contributed by atoms with Gasteiger partial charge in [-0.2, -0.15) is 0 Å². The fourth-order valence-electron chi connectivity index (χ4n) is 3.21. The fraction of sp³-hybridized carbons (Fsp3) is 0.625. The Morgan fingerprint density at radius 2 is 2.08 bits per heavy atom. The Morgan fingerprint density at radius 1 is 1.33 bits per heavy atom. The van der Waals surface area contributed by atoms with Gasteiger partial charge in [-0.25, -0.2) is 8.42 Å². The molecule has 1 N–H and O–H groups in total. The van der Waals surface area contributed by atoms with Crippen molar-refractivity contribution in [3.63, 3.8) is 0 Å². The van der Waals surface area contributed by atoms with Crippen LogP contribution in [0.1, 0.15) is 23.8 Å². The third-order valence-corrected chi connectivity index (χ3v) is 6.46. The summed E-state index contributed by atoms with van der Waals surface area (Å²) < 4.78 is 23.1. The number of aromatic nitrogens is 1. The smallest absolute Gasteiger partial charge is 0.272 e. The highest BCUT2D eigenvalue weighted by molar-refractivity contribution is 7.91. The van der Waals surface area contributed by atoms with Gasteiger partial charge in [0.05, 0.1) is 11.5 Å². The number of nitrogens with zero attached hydrogens (tertiary/aromatic N) is 3. The molecule has 3 heterocycles. The van der Waals surface area contributed by atoms with E-state index in [1.807, 2.05) is 4.90 Å². The number of sulfone groups is 1. The summed E-state index contributed by atoms with van der Waals surface area (Å²) in [7, 11) is -2.92. The van der Waals surface area contributed by atoms with Gasteiger partial charge in [0.15, 0.2) is 9.84 Å². The predicted molar refractivity (Wildman–Crippen MR) is 92.9 cm³/mol. The van der Waals surface area contributed by atoms with E-state index < -0.39 is 9.84 Å². The van der Waals surface area contributed by atoms with Crippen LogP contribution in [0.5, 0.6) is 0 Å². The highest BCUT2D eigenvalue weighted by Crippen LogP contribution is 2.18. The summed E-state index contributed by atoms with van der Waals surface area (Å²) in [6.07, 6.45) is 2.20. The maximum atomic E-state index is 12.6. The first-order valence-electron chi connectivity index (χ1n) is 8.41. The second-order valence-electron chi connectivity index (χ2n) is 6.40. The van der Waals surface area contributed by atoms with Crippen LogP contribution in [0.25, 0.3) is 0 Å². The molecule has 1 atom stereocenters. The van der Waals surface area contributed by atoms with Crippen molar-refractivity contribution in [3.8, 4) is 0 Å². The van der Waals surface area contributed by atoms with Crippen molar-refractivity contribution in [3.05, 3.63) is 24.0 Å². The molecule has 0 bridgehead atoms. The molecule has 132 valence electrons. The lowest BCUT2D eigenvalue weighted by Gasteiger charge is -2.33. The Hall–Kier alpha value is -1.67. The Kier molecular flexibility index (Phi) is 5.05. The van der Waals surface area contributed by atoms with Gasteiger partial charge in [0, 0.05) is 44.1 Å². The number of amides is 1. The highest BCUT2D eigenvalue weighted by atomic mass is 32.2. The van der Waals surface area contributed by atoms with E-state index in [1.54, 1.807) is 18.3 Å². The summed E-state index contributed by atoms with van der Waals surface area (Å²) in [6, 6.07) is 3.41. The molecule has 0 saturated carbocycles. The van der Waals surface area contributed by atoms with E-state index >= 15 is 0 Å². The second-order valence-corrected chi connectivity index (χ2v) is 8.63. The van der Waals surface area contributed by atoms with Gasteiger partial charge in [0.2, 0.25) is 0 Å². The summed E-state index contributed by atoms with van der Waals surface area (Å²) >= 11 is 0. The maximum absolute atomic E-state index is 12.6. The number of anilines is 1. The van der Waals surface area contributed by atoms with Gasteiger partial charge in [-0.3, -0.25) is 9.78 Å². The van der Waals surface area contributed by atoms with Crippen LogP contribution in [-0.2, 0) is 9.84 Å². The van der Waals surface area contributed by atoms with Gasteiger partial charge in [0.25, 0.3) is 5.91 Å². The normalized spacial score (nSPS) is 24.0. The van der Waals surface area contributed by atoms with Crippen LogP contribution >= 0.6 is 0 Å². The average Bonchev–Trinajstić information content (AvgIpc) is 2.93. The number of carbonyl (C=O) groups is 1. The summed E-state index contributed by atoms with van der Waals surface area (Å²) in [5.41, 5.74) is 1.16. The monoisotopic (exact) mass is 352 g/mol. The molecule has 0 aliphatic carbocycles. The molecule has 7 nitrogen and oxygen atoms in total. The number of hydrogen-bond donors (Lipinski definition) is 1. The zero-order chi connectivity index (χ0) is 17.2. The standard InChI is InChI=1S/C16H24N4O3S/c1-2-19-6-8-20(9-7-19)16(21)15-11-13(3-5-17-15)18-14-4-10-24(22,23)12-14/h3,5,11,14H,2,4,6-10,12H2,1H3,(H,17,18). The van der Waals surface area contributed by atoms with E-state index in [2.05, 4.69) is 22.1 Å². The minimum Gasteiger partial charge on any atom is -0.381 e. The summed E-state index contributed by atoms with van der Waals surface area (Å²) in [6.45, 7) is 6.33. The van der Waals surface area contributed by atoms with Crippen LogP contribution in [0.2, 0.25) is 0 Å². The molecular formula is C16H24N4O3S. The van der Waals surface area contributed by atoms with Crippen LogP contribution in [0.3, 0.4) is 0 Å². The number of likely N-dealkylation sites (N-methyl/N-ethyl adjacent to an activating group) is 1. The van der Waals surface area contributed by atoms with E-state index in [1.165, 1.54) is 0 Å². The van der Waals surface area contributed by atoms with Crippen molar-refractivity contribution < 1.29 is 13.2 Å². The lowest BCUT2D eigenvalue weighted by atomic mass is 10.2. The Labute approximate surface area is 143 Å². The van der Waals surface area contributed by atoms with Crippen molar-refractivity contribution in [1.29, 1.82) is 0 Å². The molecule has 0 spiro atoms. The molecule has 8 heteroatoms. The van der Waals surface area contributed by atoms with Gasteiger partial charge in [-0.15, -0.1) is 0 Å². The largest absolute Gasteiger partial charge is 0.381 e. The van der Waals surface area contributed by atoms with E-state index in [-0.39, 0.29) is 23.5 Å². The number of piperazine rings is 1.